The monoisotopic (exact) mass is 266 g/mol. The van der Waals surface area contributed by atoms with Gasteiger partial charge in [0, 0.05) is 45.0 Å². The third-order valence-electron chi connectivity index (χ3n) is 3.73. The molecule has 1 aromatic heterocycles. The molecule has 1 aliphatic rings. The van der Waals surface area contributed by atoms with E-state index in [4.69, 9.17) is 4.74 Å². The minimum absolute atomic E-state index is 0.0515. The van der Waals surface area contributed by atoms with Crippen LogP contribution >= 0.6 is 0 Å². The molecule has 1 aromatic rings. The maximum Gasteiger partial charge on any atom is 0.250 e. The standard InChI is InChI=1S/C13H22N4O2/c1-9-11(10(2)16(4)15-9)7-17-5-6-19-12(8-17)13(18)14-3/h12H,5-8H2,1-4H3,(H,14,18)/t12-/m1/s1. The summed E-state index contributed by atoms with van der Waals surface area (Å²) in [5, 5.41) is 7.06. The van der Waals surface area contributed by atoms with Gasteiger partial charge in [0.15, 0.2) is 0 Å². The van der Waals surface area contributed by atoms with E-state index in [-0.39, 0.29) is 12.0 Å². The molecule has 6 heteroatoms. The molecule has 1 N–H and O–H groups in total. The number of carbonyl (C=O) groups excluding carboxylic acids is 1. The Labute approximate surface area is 113 Å². The van der Waals surface area contributed by atoms with E-state index in [9.17, 15) is 4.79 Å². The van der Waals surface area contributed by atoms with E-state index < -0.39 is 0 Å². The lowest BCUT2D eigenvalue weighted by atomic mass is 10.1. The van der Waals surface area contributed by atoms with Crippen molar-refractivity contribution in [3.63, 3.8) is 0 Å². The summed E-state index contributed by atoms with van der Waals surface area (Å²) < 4.78 is 7.39. The first-order chi connectivity index (χ1) is 9.02. The highest BCUT2D eigenvalue weighted by atomic mass is 16.5. The minimum Gasteiger partial charge on any atom is -0.366 e. The highest BCUT2D eigenvalue weighted by Crippen LogP contribution is 2.16. The molecule has 2 heterocycles. The average molecular weight is 266 g/mol. The lowest BCUT2D eigenvalue weighted by Crippen LogP contribution is -2.48. The van der Waals surface area contributed by atoms with Crippen molar-refractivity contribution < 1.29 is 9.53 Å². The second kappa shape index (κ2) is 5.71. The summed E-state index contributed by atoms with van der Waals surface area (Å²) in [5.74, 6) is -0.0515. The van der Waals surface area contributed by atoms with Gasteiger partial charge in [-0.25, -0.2) is 0 Å². The van der Waals surface area contributed by atoms with Crippen LogP contribution in [0.5, 0.6) is 0 Å². The maximum atomic E-state index is 11.6. The minimum atomic E-state index is -0.365. The zero-order chi connectivity index (χ0) is 14.0. The number of morpholine rings is 1. The number of rotatable bonds is 3. The molecule has 0 radical (unpaired) electrons. The number of ether oxygens (including phenoxy) is 1. The van der Waals surface area contributed by atoms with Gasteiger partial charge >= 0.3 is 0 Å². The molecule has 0 unspecified atom stereocenters. The van der Waals surface area contributed by atoms with Crippen LogP contribution in [0.1, 0.15) is 17.0 Å². The van der Waals surface area contributed by atoms with E-state index >= 15 is 0 Å². The molecule has 1 atom stereocenters. The molecule has 1 aliphatic heterocycles. The first-order valence-electron chi connectivity index (χ1n) is 6.57. The number of carbonyl (C=O) groups is 1. The van der Waals surface area contributed by atoms with Crippen LogP contribution in [0, 0.1) is 13.8 Å². The van der Waals surface area contributed by atoms with Crippen molar-refractivity contribution in [1.82, 2.24) is 20.0 Å². The highest BCUT2D eigenvalue weighted by Gasteiger charge is 2.26. The number of hydrogen-bond donors (Lipinski definition) is 1. The van der Waals surface area contributed by atoms with Crippen molar-refractivity contribution in [3.8, 4) is 0 Å². The fourth-order valence-corrected chi connectivity index (χ4v) is 2.44. The van der Waals surface area contributed by atoms with E-state index in [0.717, 1.165) is 18.8 Å². The topological polar surface area (TPSA) is 59.4 Å². The average Bonchev–Trinajstić information content (AvgIpc) is 2.65. The SMILES string of the molecule is CNC(=O)[C@H]1CN(Cc2c(C)nn(C)c2C)CCO1. The molecule has 0 saturated carbocycles. The van der Waals surface area contributed by atoms with Gasteiger partial charge in [-0.3, -0.25) is 14.4 Å². The second-order valence-electron chi connectivity index (χ2n) is 4.98. The summed E-state index contributed by atoms with van der Waals surface area (Å²) in [6.45, 7) is 7.00. The molecule has 0 aliphatic carbocycles. The van der Waals surface area contributed by atoms with E-state index in [1.165, 1.54) is 11.3 Å². The largest absolute Gasteiger partial charge is 0.366 e. The van der Waals surface area contributed by atoms with Crippen molar-refractivity contribution in [3.05, 3.63) is 17.0 Å². The Morgan fingerprint density at radius 2 is 2.26 bits per heavy atom. The number of likely N-dealkylation sites (N-methyl/N-ethyl adjacent to an activating group) is 1. The first-order valence-corrected chi connectivity index (χ1v) is 6.57. The van der Waals surface area contributed by atoms with Gasteiger partial charge in [0.25, 0.3) is 0 Å². The molecule has 0 spiro atoms. The van der Waals surface area contributed by atoms with E-state index in [2.05, 4.69) is 22.2 Å². The summed E-state index contributed by atoms with van der Waals surface area (Å²) in [7, 11) is 3.60. The Hall–Kier alpha value is -1.40. The summed E-state index contributed by atoms with van der Waals surface area (Å²) in [6, 6.07) is 0. The van der Waals surface area contributed by atoms with Crippen molar-refractivity contribution in [1.29, 1.82) is 0 Å². The lowest BCUT2D eigenvalue weighted by Gasteiger charge is -2.31. The summed E-state index contributed by atoms with van der Waals surface area (Å²) in [6.07, 6.45) is -0.365. The van der Waals surface area contributed by atoms with E-state index in [1.54, 1.807) is 7.05 Å². The van der Waals surface area contributed by atoms with Crippen LogP contribution in [-0.2, 0) is 23.1 Å². The smallest absolute Gasteiger partial charge is 0.250 e. The third kappa shape index (κ3) is 2.96. The summed E-state index contributed by atoms with van der Waals surface area (Å²) >= 11 is 0. The van der Waals surface area contributed by atoms with Crippen LogP contribution in [0.15, 0.2) is 0 Å². The Bertz CT molecular complexity index is 469. The van der Waals surface area contributed by atoms with Crippen LogP contribution in [0.25, 0.3) is 0 Å². The number of nitrogens with zero attached hydrogens (tertiary/aromatic N) is 3. The van der Waals surface area contributed by atoms with Gasteiger partial charge < -0.3 is 10.1 Å². The molecule has 106 valence electrons. The van der Waals surface area contributed by atoms with Crippen molar-refractivity contribution in [2.24, 2.45) is 7.05 Å². The molecule has 19 heavy (non-hydrogen) atoms. The number of aromatic nitrogens is 2. The molecule has 0 bridgehead atoms. The van der Waals surface area contributed by atoms with Crippen molar-refractivity contribution in [2.45, 2.75) is 26.5 Å². The zero-order valence-electron chi connectivity index (χ0n) is 12.1. The van der Waals surface area contributed by atoms with Gasteiger partial charge in [-0.05, 0) is 13.8 Å². The van der Waals surface area contributed by atoms with Gasteiger partial charge in [0.1, 0.15) is 6.10 Å². The van der Waals surface area contributed by atoms with Gasteiger partial charge in [-0.2, -0.15) is 5.10 Å². The van der Waals surface area contributed by atoms with Crippen LogP contribution in [-0.4, -0.2) is 53.4 Å². The number of amides is 1. The quantitative estimate of drug-likeness (QED) is 0.835. The molecule has 2 rings (SSSR count). The van der Waals surface area contributed by atoms with Crippen molar-refractivity contribution in [2.75, 3.05) is 26.7 Å². The predicted molar refractivity (Wildman–Crippen MR) is 71.8 cm³/mol. The summed E-state index contributed by atoms with van der Waals surface area (Å²) in [4.78, 5) is 13.9. The van der Waals surface area contributed by atoms with Crippen LogP contribution in [0.2, 0.25) is 0 Å². The third-order valence-corrected chi connectivity index (χ3v) is 3.73. The predicted octanol–water partition coefficient (Wildman–Crippen LogP) is -0.0163. The number of nitrogens with one attached hydrogen (secondary N) is 1. The molecular formula is C13H22N4O2. The van der Waals surface area contributed by atoms with Gasteiger partial charge in [0.05, 0.1) is 12.3 Å². The normalized spacial score (nSPS) is 20.5. The first kappa shape index (κ1) is 14.0. The van der Waals surface area contributed by atoms with Crippen LogP contribution < -0.4 is 5.32 Å². The van der Waals surface area contributed by atoms with Crippen LogP contribution in [0.3, 0.4) is 0 Å². The fourth-order valence-electron chi connectivity index (χ4n) is 2.44. The number of aryl methyl sites for hydroxylation is 2. The fraction of sp³-hybridized carbons (Fsp3) is 0.692. The maximum absolute atomic E-state index is 11.6. The molecule has 1 amide bonds. The van der Waals surface area contributed by atoms with Gasteiger partial charge in [-0.15, -0.1) is 0 Å². The Balaban J connectivity index is 2.04. The number of hydrogen-bond acceptors (Lipinski definition) is 4. The lowest BCUT2D eigenvalue weighted by molar-refractivity contribution is -0.138. The second-order valence-corrected chi connectivity index (χ2v) is 4.98. The zero-order valence-corrected chi connectivity index (χ0v) is 12.1. The molecule has 0 aromatic carbocycles. The Morgan fingerprint density at radius 1 is 1.53 bits per heavy atom. The van der Waals surface area contributed by atoms with E-state index in [0.29, 0.717) is 13.2 Å². The van der Waals surface area contributed by atoms with Gasteiger partial charge in [0.2, 0.25) is 5.91 Å². The Kier molecular flexibility index (Phi) is 4.21. The molecule has 1 saturated heterocycles. The highest BCUT2D eigenvalue weighted by molar-refractivity contribution is 5.80. The molecule has 1 fully saturated rings. The summed E-state index contributed by atoms with van der Waals surface area (Å²) in [5.41, 5.74) is 3.49. The Morgan fingerprint density at radius 3 is 2.84 bits per heavy atom. The van der Waals surface area contributed by atoms with Gasteiger partial charge in [-0.1, -0.05) is 0 Å². The van der Waals surface area contributed by atoms with E-state index in [1.807, 2.05) is 18.7 Å². The van der Waals surface area contributed by atoms with Crippen LogP contribution in [0.4, 0.5) is 0 Å². The molecular weight excluding hydrogens is 244 g/mol. The van der Waals surface area contributed by atoms with Crippen molar-refractivity contribution >= 4 is 5.91 Å². The molecule has 6 nitrogen and oxygen atoms in total.